The Labute approximate surface area is 157 Å². The summed E-state index contributed by atoms with van der Waals surface area (Å²) in [6, 6.07) is 7.83. The van der Waals surface area contributed by atoms with Gasteiger partial charge in [-0.1, -0.05) is 65.2 Å². The van der Waals surface area contributed by atoms with Gasteiger partial charge in [-0.15, -0.1) is 0 Å². The molecule has 0 aromatic heterocycles. The van der Waals surface area contributed by atoms with Gasteiger partial charge in [0.2, 0.25) is 0 Å². The number of para-hydroxylation sites is 1. The van der Waals surface area contributed by atoms with E-state index in [0.29, 0.717) is 16.1 Å². The Hall–Kier alpha value is -1.60. The molecule has 0 aliphatic heterocycles. The van der Waals surface area contributed by atoms with E-state index in [9.17, 15) is 18.3 Å². The molecule has 148 valence electrons. The Morgan fingerprint density at radius 3 is 2.15 bits per heavy atom. The van der Waals surface area contributed by atoms with Crippen LogP contribution in [0.15, 0.2) is 30.3 Å². The number of nitrogens with one attached hydrogen (secondary N) is 1. The number of rotatable bonds is 11. The van der Waals surface area contributed by atoms with Gasteiger partial charge < -0.3 is 5.11 Å². The van der Waals surface area contributed by atoms with E-state index in [1.165, 1.54) is 12.1 Å². The normalized spacial score (nSPS) is 13.2. The van der Waals surface area contributed by atoms with Crippen molar-refractivity contribution in [3.05, 3.63) is 30.3 Å². The average molecular weight is 385 g/mol. The molecule has 0 fully saturated rings. The summed E-state index contributed by atoms with van der Waals surface area (Å²) in [6.45, 7) is 8.75. The van der Waals surface area contributed by atoms with Gasteiger partial charge in [0.1, 0.15) is 0 Å². The highest BCUT2D eigenvalue weighted by molar-refractivity contribution is 7.91. The van der Waals surface area contributed by atoms with Gasteiger partial charge in [0, 0.05) is 6.54 Å². The Bertz CT molecular complexity index is 645. The molecule has 1 rings (SSSR count). The van der Waals surface area contributed by atoms with Gasteiger partial charge in [0.25, 0.3) is 0 Å². The van der Waals surface area contributed by atoms with Crippen LogP contribution in [0.2, 0.25) is 0 Å². The maximum absolute atomic E-state index is 12.6. The Morgan fingerprint density at radius 1 is 1.08 bits per heavy atom. The van der Waals surface area contributed by atoms with Gasteiger partial charge in [-0.3, -0.25) is 0 Å². The predicted molar refractivity (Wildman–Crippen MR) is 106 cm³/mol. The highest BCUT2D eigenvalue weighted by Gasteiger charge is 2.29. The summed E-state index contributed by atoms with van der Waals surface area (Å²) in [6.07, 6.45) is 2.73. The molecule has 1 amide bonds. The summed E-state index contributed by atoms with van der Waals surface area (Å²) in [5, 5.41) is 9.37. The molecule has 0 heterocycles. The lowest BCUT2D eigenvalue weighted by Crippen LogP contribution is -2.45. The topological polar surface area (TPSA) is 86.7 Å². The van der Waals surface area contributed by atoms with Crippen molar-refractivity contribution in [2.24, 2.45) is 17.8 Å². The van der Waals surface area contributed by atoms with Crippen molar-refractivity contribution < 1.29 is 18.3 Å². The van der Waals surface area contributed by atoms with Crippen LogP contribution in [0.4, 0.5) is 10.5 Å². The molecule has 0 bridgehead atoms. The van der Waals surface area contributed by atoms with Gasteiger partial charge >= 0.3 is 16.3 Å². The monoisotopic (exact) mass is 384 g/mol. The third kappa shape index (κ3) is 7.33. The summed E-state index contributed by atoms with van der Waals surface area (Å²) in [5.74, 6) is 1.15. The maximum Gasteiger partial charge on any atom is 0.426 e. The van der Waals surface area contributed by atoms with Crippen molar-refractivity contribution in [2.75, 3.05) is 10.8 Å². The quantitative estimate of drug-likeness (QED) is 0.550. The minimum Gasteiger partial charge on any atom is -0.464 e. The molecule has 7 heteroatoms. The van der Waals surface area contributed by atoms with E-state index in [0.717, 1.165) is 25.7 Å². The summed E-state index contributed by atoms with van der Waals surface area (Å²) in [5.41, 5.74) is 0.102. The van der Waals surface area contributed by atoms with E-state index in [4.69, 9.17) is 0 Å². The van der Waals surface area contributed by atoms with E-state index in [1.807, 2.05) is 0 Å². The third-order valence-electron chi connectivity index (χ3n) is 4.48. The van der Waals surface area contributed by atoms with Crippen LogP contribution in [0.5, 0.6) is 0 Å². The number of carbonyl (C=O) groups is 1. The fourth-order valence-electron chi connectivity index (χ4n) is 2.82. The van der Waals surface area contributed by atoms with Crippen LogP contribution < -0.4 is 9.03 Å². The molecular formula is C19H32N2O4S. The number of amides is 1. The minimum atomic E-state index is -4.16. The van der Waals surface area contributed by atoms with Gasteiger partial charge in [-0.25, -0.2) is 4.79 Å². The van der Waals surface area contributed by atoms with Crippen LogP contribution in [0.1, 0.15) is 53.4 Å². The third-order valence-corrected chi connectivity index (χ3v) is 5.86. The van der Waals surface area contributed by atoms with Crippen LogP contribution in [0, 0.1) is 17.8 Å². The number of hydrogen-bond acceptors (Lipinski definition) is 3. The van der Waals surface area contributed by atoms with Crippen molar-refractivity contribution in [3.8, 4) is 0 Å². The van der Waals surface area contributed by atoms with Crippen molar-refractivity contribution in [1.29, 1.82) is 0 Å². The van der Waals surface area contributed by atoms with Crippen LogP contribution >= 0.6 is 0 Å². The first kappa shape index (κ1) is 22.4. The largest absolute Gasteiger partial charge is 0.464 e. The molecule has 1 aromatic carbocycles. The number of nitrogens with zero attached hydrogens (tertiary/aromatic N) is 1. The zero-order chi connectivity index (χ0) is 19.7. The number of carboxylic acid groups (broad SMARTS) is 1. The van der Waals surface area contributed by atoms with Crippen LogP contribution in [0.25, 0.3) is 0 Å². The first-order chi connectivity index (χ1) is 12.1. The molecule has 26 heavy (non-hydrogen) atoms. The molecule has 0 radical (unpaired) electrons. The maximum atomic E-state index is 12.6. The highest BCUT2D eigenvalue weighted by atomic mass is 32.2. The average Bonchev–Trinajstić information content (AvgIpc) is 2.53. The Morgan fingerprint density at radius 2 is 1.65 bits per heavy atom. The Balaban J connectivity index is 2.74. The zero-order valence-corrected chi connectivity index (χ0v) is 17.0. The van der Waals surface area contributed by atoms with Crippen molar-refractivity contribution >= 4 is 22.0 Å². The van der Waals surface area contributed by atoms with Crippen molar-refractivity contribution in [2.45, 2.75) is 53.4 Å². The highest BCUT2D eigenvalue weighted by Crippen LogP contribution is 2.21. The molecule has 0 saturated carbocycles. The zero-order valence-electron chi connectivity index (χ0n) is 16.2. The first-order valence-corrected chi connectivity index (χ1v) is 10.7. The minimum absolute atomic E-state index is 0.102. The van der Waals surface area contributed by atoms with Gasteiger partial charge in [-0.05, 0) is 36.3 Å². The summed E-state index contributed by atoms with van der Waals surface area (Å²) >= 11 is 0. The standard InChI is InChI=1S/C19H32N2O4S/c1-15(2)10-8-9-11-17(16(3)4)14-20-26(24,25)21(19(22)23)18-12-6-5-7-13-18/h5-7,12-13,15-17,20H,8-11,14H2,1-4H3,(H,22,23). The summed E-state index contributed by atoms with van der Waals surface area (Å²) < 4.78 is 28.0. The molecule has 0 spiro atoms. The van der Waals surface area contributed by atoms with Crippen molar-refractivity contribution in [3.63, 3.8) is 0 Å². The smallest absolute Gasteiger partial charge is 0.426 e. The second kappa shape index (κ2) is 10.5. The number of anilines is 1. The lowest BCUT2D eigenvalue weighted by atomic mass is 9.90. The number of unbranched alkanes of at least 4 members (excludes halogenated alkanes) is 1. The second-order valence-electron chi connectivity index (χ2n) is 7.42. The number of benzene rings is 1. The fraction of sp³-hybridized carbons (Fsp3) is 0.632. The van der Waals surface area contributed by atoms with E-state index >= 15 is 0 Å². The van der Waals surface area contributed by atoms with E-state index in [2.05, 4.69) is 32.4 Å². The molecule has 1 unspecified atom stereocenters. The summed E-state index contributed by atoms with van der Waals surface area (Å²) in [4.78, 5) is 11.5. The molecule has 0 saturated heterocycles. The lowest BCUT2D eigenvalue weighted by molar-refractivity contribution is 0.206. The van der Waals surface area contributed by atoms with E-state index < -0.39 is 16.3 Å². The first-order valence-electron chi connectivity index (χ1n) is 9.23. The van der Waals surface area contributed by atoms with Crippen LogP contribution in [-0.2, 0) is 10.2 Å². The van der Waals surface area contributed by atoms with Crippen LogP contribution in [-0.4, -0.2) is 26.2 Å². The fourth-order valence-corrected chi connectivity index (χ4v) is 3.98. The molecule has 0 aliphatic carbocycles. The van der Waals surface area contributed by atoms with Crippen LogP contribution in [0.3, 0.4) is 0 Å². The van der Waals surface area contributed by atoms with Gasteiger partial charge in [-0.2, -0.15) is 17.4 Å². The van der Waals surface area contributed by atoms with Gasteiger partial charge in [0.15, 0.2) is 0 Å². The van der Waals surface area contributed by atoms with E-state index in [-0.39, 0.29) is 18.2 Å². The lowest BCUT2D eigenvalue weighted by Gasteiger charge is -2.24. The van der Waals surface area contributed by atoms with Crippen molar-refractivity contribution in [1.82, 2.24) is 4.72 Å². The Kier molecular flexibility index (Phi) is 9.08. The molecule has 1 atom stereocenters. The van der Waals surface area contributed by atoms with Gasteiger partial charge in [0.05, 0.1) is 5.69 Å². The summed E-state index contributed by atoms with van der Waals surface area (Å²) in [7, 11) is -4.16. The second-order valence-corrected chi connectivity index (χ2v) is 9.02. The SMILES string of the molecule is CC(C)CCCCC(CNS(=O)(=O)N(C(=O)O)c1ccccc1)C(C)C. The molecule has 6 nitrogen and oxygen atoms in total. The molecular weight excluding hydrogens is 352 g/mol. The number of hydrogen-bond donors (Lipinski definition) is 2. The van der Waals surface area contributed by atoms with E-state index in [1.54, 1.807) is 18.2 Å². The molecule has 2 N–H and O–H groups in total. The molecule has 0 aliphatic rings. The molecule has 1 aromatic rings. The predicted octanol–water partition coefficient (Wildman–Crippen LogP) is 4.49.